The zero-order chi connectivity index (χ0) is 16.3. The molecular weight excluding hydrogens is 303 g/mol. The maximum Gasteiger partial charge on any atom is 0.292 e. The monoisotopic (exact) mass is 320 g/mol. The molecule has 0 aliphatic carbocycles. The molecule has 21 heavy (non-hydrogen) atoms. The molecule has 1 unspecified atom stereocenters. The first-order chi connectivity index (χ1) is 9.59. The van der Waals surface area contributed by atoms with Gasteiger partial charge in [0.05, 0.1) is 16.6 Å². The first-order valence-corrected chi connectivity index (χ1v) is 7.73. The topological polar surface area (TPSA) is 110 Å². The van der Waals surface area contributed by atoms with E-state index < -0.39 is 36.9 Å². The van der Waals surface area contributed by atoms with Crippen LogP contribution < -0.4 is 4.72 Å². The van der Waals surface area contributed by atoms with Crippen molar-refractivity contribution in [3.8, 4) is 0 Å². The molecule has 118 valence electrons. The molecule has 1 rings (SSSR count). The Morgan fingerprint density at radius 1 is 1.48 bits per heavy atom. The quantitative estimate of drug-likeness (QED) is 0.585. The Hall–Kier alpha value is -1.58. The van der Waals surface area contributed by atoms with Crippen molar-refractivity contribution in [2.24, 2.45) is 0 Å². The Balaban J connectivity index is 3.07. The number of nitro groups is 1. The zero-order valence-electron chi connectivity index (χ0n) is 11.7. The lowest BCUT2D eigenvalue weighted by atomic mass is 10.0. The Morgan fingerprint density at radius 3 is 2.62 bits per heavy atom. The molecule has 0 heterocycles. The van der Waals surface area contributed by atoms with Gasteiger partial charge in [0, 0.05) is 6.54 Å². The summed E-state index contributed by atoms with van der Waals surface area (Å²) in [5.74, 6) is -0.904. The summed E-state index contributed by atoms with van der Waals surface area (Å²) in [5.41, 5.74) is -2.12. The lowest BCUT2D eigenvalue weighted by Crippen LogP contribution is -2.40. The van der Waals surface area contributed by atoms with Crippen molar-refractivity contribution in [3.05, 3.63) is 34.1 Å². The van der Waals surface area contributed by atoms with Crippen LogP contribution in [-0.4, -0.2) is 30.6 Å². The van der Waals surface area contributed by atoms with Crippen LogP contribution in [0.4, 0.5) is 10.1 Å². The predicted molar refractivity (Wildman–Crippen MR) is 73.8 cm³/mol. The first kappa shape index (κ1) is 17.5. The highest BCUT2D eigenvalue weighted by Crippen LogP contribution is 2.24. The Morgan fingerprint density at radius 2 is 2.10 bits per heavy atom. The van der Waals surface area contributed by atoms with Gasteiger partial charge >= 0.3 is 0 Å². The van der Waals surface area contributed by atoms with E-state index in [1.165, 1.54) is 6.92 Å². The SMILES string of the molecule is CCCC(C)(O)CNS(=O)(=O)c1ccc(F)cc1[N+](=O)[O-]. The number of hydrogen-bond donors (Lipinski definition) is 2. The minimum absolute atomic E-state index is 0.294. The largest absolute Gasteiger partial charge is 0.389 e. The standard InChI is InChI=1S/C12H17FN2O5S/c1-3-6-12(2,16)8-14-21(19,20)11-5-4-9(13)7-10(11)15(17)18/h4-5,7,14,16H,3,6,8H2,1-2H3. The average Bonchev–Trinajstić information content (AvgIpc) is 2.36. The number of nitrogens with zero attached hydrogens (tertiary/aromatic N) is 1. The molecule has 0 amide bonds. The average molecular weight is 320 g/mol. The summed E-state index contributed by atoms with van der Waals surface area (Å²) < 4.78 is 39.3. The number of halogens is 1. The third kappa shape index (κ3) is 4.73. The molecule has 0 aliphatic heterocycles. The minimum atomic E-state index is -4.22. The molecule has 2 N–H and O–H groups in total. The lowest BCUT2D eigenvalue weighted by molar-refractivity contribution is -0.388. The highest BCUT2D eigenvalue weighted by molar-refractivity contribution is 7.89. The van der Waals surface area contributed by atoms with Crippen LogP contribution in [0, 0.1) is 15.9 Å². The van der Waals surface area contributed by atoms with Crippen molar-refractivity contribution in [2.75, 3.05) is 6.54 Å². The van der Waals surface area contributed by atoms with Gasteiger partial charge < -0.3 is 5.11 Å². The Labute approximate surface area is 122 Å². The van der Waals surface area contributed by atoms with Gasteiger partial charge in [-0.3, -0.25) is 10.1 Å². The molecular formula is C12H17FN2O5S. The van der Waals surface area contributed by atoms with Crippen molar-refractivity contribution < 1.29 is 22.8 Å². The molecule has 0 radical (unpaired) electrons. The summed E-state index contributed by atoms with van der Waals surface area (Å²) in [6.07, 6.45) is 1.01. The molecule has 9 heteroatoms. The van der Waals surface area contributed by atoms with E-state index >= 15 is 0 Å². The summed E-state index contributed by atoms with van der Waals surface area (Å²) in [6.45, 7) is 2.99. The van der Waals surface area contributed by atoms with E-state index in [1.807, 2.05) is 6.92 Å². The molecule has 0 bridgehead atoms. The highest BCUT2D eigenvalue weighted by Gasteiger charge is 2.29. The predicted octanol–water partition coefficient (Wildman–Crippen LogP) is 1.56. The lowest BCUT2D eigenvalue weighted by Gasteiger charge is -2.22. The number of rotatable bonds is 7. The number of benzene rings is 1. The van der Waals surface area contributed by atoms with Crippen molar-refractivity contribution in [2.45, 2.75) is 37.2 Å². The van der Waals surface area contributed by atoms with Crippen molar-refractivity contribution in [1.82, 2.24) is 4.72 Å². The summed E-state index contributed by atoms with van der Waals surface area (Å²) in [4.78, 5) is 9.21. The molecule has 1 atom stereocenters. The molecule has 0 spiro atoms. The number of nitro benzene ring substituents is 1. The van der Waals surface area contributed by atoms with Gasteiger partial charge in [-0.05, 0) is 25.5 Å². The fraction of sp³-hybridized carbons (Fsp3) is 0.500. The number of hydrogen-bond acceptors (Lipinski definition) is 5. The third-order valence-electron chi connectivity index (χ3n) is 2.84. The summed E-state index contributed by atoms with van der Waals surface area (Å²) in [5, 5.41) is 20.7. The molecule has 7 nitrogen and oxygen atoms in total. The first-order valence-electron chi connectivity index (χ1n) is 6.25. The van der Waals surface area contributed by atoms with Crippen LogP contribution in [0.25, 0.3) is 0 Å². The second kappa shape index (κ2) is 6.46. The van der Waals surface area contributed by atoms with Crippen molar-refractivity contribution >= 4 is 15.7 Å². The molecule has 1 aromatic carbocycles. The van der Waals surface area contributed by atoms with Crippen LogP contribution in [0.1, 0.15) is 26.7 Å². The third-order valence-corrected chi connectivity index (χ3v) is 4.29. The van der Waals surface area contributed by atoms with E-state index in [9.17, 15) is 28.0 Å². The fourth-order valence-corrected chi connectivity index (χ4v) is 3.13. The van der Waals surface area contributed by atoms with E-state index in [2.05, 4.69) is 4.72 Å². The molecule has 0 aromatic heterocycles. The maximum atomic E-state index is 13.0. The molecule has 0 fully saturated rings. The maximum absolute atomic E-state index is 13.0. The molecule has 0 saturated heterocycles. The van der Waals surface area contributed by atoms with Crippen molar-refractivity contribution in [3.63, 3.8) is 0 Å². The van der Waals surface area contributed by atoms with Crippen LogP contribution in [0.15, 0.2) is 23.1 Å². The Kier molecular flexibility index (Phi) is 5.37. The van der Waals surface area contributed by atoms with E-state index in [0.29, 0.717) is 18.9 Å². The van der Waals surface area contributed by atoms with Gasteiger partial charge in [0.2, 0.25) is 10.0 Å². The van der Waals surface area contributed by atoms with Crippen LogP contribution in [0.2, 0.25) is 0 Å². The van der Waals surface area contributed by atoms with Crippen molar-refractivity contribution in [1.29, 1.82) is 0 Å². The molecule has 1 aromatic rings. The van der Waals surface area contributed by atoms with E-state index in [1.54, 1.807) is 0 Å². The second-order valence-electron chi connectivity index (χ2n) is 4.94. The fourth-order valence-electron chi connectivity index (χ4n) is 1.82. The smallest absolute Gasteiger partial charge is 0.292 e. The van der Waals surface area contributed by atoms with Gasteiger partial charge in [-0.25, -0.2) is 17.5 Å². The molecule has 0 aliphatic rings. The number of nitrogens with one attached hydrogen (secondary N) is 1. The summed E-state index contributed by atoms with van der Waals surface area (Å²) in [7, 11) is -4.22. The van der Waals surface area contributed by atoms with Gasteiger partial charge in [0.1, 0.15) is 5.82 Å². The van der Waals surface area contributed by atoms with Crippen LogP contribution in [-0.2, 0) is 10.0 Å². The van der Waals surface area contributed by atoms with E-state index in [-0.39, 0.29) is 6.54 Å². The summed E-state index contributed by atoms with van der Waals surface area (Å²) in [6, 6.07) is 2.19. The van der Waals surface area contributed by atoms with E-state index in [0.717, 1.165) is 12.1 Å². The van der Waals surface area contributed by atoms with Gasteiger partial charge in [0.15, 0.2) is 4.90 Å². The Bertz CT molecular complexity index is 631. The van der Waals surface area contributed by atoms with Gasteiger partial charge in [-0.15, -0.1) is 0 Å². The number of sulfonamides is 1. The van der Waals surface area contributed by atoms with Gasteiger partial charge in [-0.1, -0.05) is 13.3 Å². The van der Waals surface area contributed by atoms with Gasteiger partial charge in [-0.2, -0.15) is 0 Å². The van der Waals surface area contributed by atoms with Crippen LogP contribution >= 0.6 is 0 Å². The van der Waals surface area contributed by atoms with E-state index in [4.69, 9.17) is 0 Å². The highest BCUT2D eigenvalue weighted by atomic mass is 32.2. The summed E-state index contributed by atoms with van der Waals surface area (Å²) >= 11 is 0. The van der Waals surface area contributed by atoms with Crippen LogP contribution in [0.3, 0.4) is 0 Å². The van der Waals surface area contributed by atoms with Crippen LogP contribution in [0.5, 0.6) is 0 Å². The molecule has 0 saturated carbocycles. The number of aliphatic hydroxyl groups is 1. The zero-order valence-corrected chi connectivity index (χ0v) is 12.5. The normalized spacial score (nSPS) is 14.7. The second-order valence-corrected chi connectivity index (χ2v) is 6.68. The minimum Gasteiger partial charge on any atom is -0.389 e. The van der Waals surface area contributed by atoms with Gasteiger partial charge in [0.25, 0.3) is 5.69 Å².